The van der Waals surface area contributed by atoms with E-state index in [1.165, 1.54) is 63.9 Å². The molecule has 1 aromatic carbocycles. The third-order valence-electron chi connectivity index (χ3n) is 10.2. The average molecular weight is 822 g/mol. The predicted octanol–water partition coefficient (Wildman–Crippen LogP) is 4.66. The lowest BCUT2D eigenvalue weighted by molar-refractivity contribution is -0.136. The van der Waals surface area contributed by atoms with Crippen molar-refractivity contribution in [3.05, 3.63) is 115 Å². The van der Waals surface area contributed by atoms with Crippen LogP contribution in [0.15, 0.2) is 86.2 Å². The molecule has 320 valence electrons. The molecule has 0 radical (unpaired) electrons. The molecular formula is C44H59N11O5. The van der Waals surface area contributed by atoms with Crippen molar-refractivity contribution in [2.75, 3.05) is 20.2 Å². The average Bonchev–Trinajstić information content (AvgIpc) is 4.09. The van der Waals surface area contributed by atoms with Gasteiger partial charge in [0.1, 0.15) is 23.9 Å². The van der Waals surface area contributed by atoms with Gasteiger partial charge in [0.15, 0.2) is 0 Å². The van der Waals surface area contributed by atoms with Crippen molar-refractivity contribution in [1.29, 1.82) is 0 Å². The van der Waals surface area contributed by atoms with Crippen LogP contribution in [0.4, 0.5) is 0 Å². The summed E-state index contributed by atoms with van der Waals surface area (Å²) in [5, 5.41) is 8.57. The normalized spacial score (nSPS) is 12.6. The standard InChI is InChI=1S/C44H59N11O5/c1-3-4-5-6-7-8-9-10-13-22-60-37-17-15-32(16-18-37)41(56)52-38(23-34-26-45-29-49-34)42(57)53-39(24-35-27-46-30-50-35)43(58)54-40(25-36-28-47-31-51-36)44(59)55(2)21-19-33-14-11-12-20-48-33/h11-12,14-18,20,26-31,38-40H,3-10,13,19,21-25H2,1-2H3,(H,45,49)(H,46,50)(H,47,51)(H,52,56)(H,53,57)(H,54,58)/t38-,39-,40-/m0/s1. The van der Waals surface area contributed by atoms with E-state index >= 15 is 0 Å². The number of likely N-dealkylation sites (N-methyl/N-ethyl adjacent to an activating group) is 1. The van der Waals surface area contributed by atoms with Gasteiger partial charge in [0, 0.05) is 92.4 Å². The highest BCUT2D eigenvalue weighted by Crippen LogP contribution is 2.15. The molecule has 5 aromatic rings. The number of imidazole rings is 3. The molecule has 16 nitrogen and oxygen atoms in total. The van der Waals surface area contributed by atoms with E-state index in [4.69, 9.17) is 4.74 Å². The predicted molar refractivity (Wildman–Crippen MR) is 227 cm³/mol. The van der Waals surface area contributed by atoms with Crippen molar-refractivity contribution < 1.29 is 23.9 Å². The lowest BCUT2D eigenvalue weighted by Crippen LogP contribution is -2.58. The summed E-state index contributed by atoms with van der Waals surface area (Å²) in [4.78, 5) is 82.8. The van der Waals surface area contributed by atoms with E-state index in [0.29, 0.717) is 48.0 Å². The van der Waals surface area contributed by atoms with Crippen molar-refractivity contribution in [3.63, 3.8) is 0 Å². The molecule has 0 spiro atoms. The molecular weight excluding hydrogens is 763 g/mol. The minimum atomic E-state index is -1.16. The van der Waals surface area contributed by atoms with Crippen molar-refractivity contribution in [2.45, 2.75) is 109 Å². The van der Waals surface area contributed by atoms with E-state index in [1.54, 1.807) is 61.0 Å². The van der Waals surface area contributed by atoms with Gasteiger partial charge in [-0.15, -0.1) is 0 Å². The molecule has 0 fully saturated rings. The smallest absolute Gasteiger partial charge is 0.251 e. The number of hydrogen-bond acceptors (Lipinski definition) is 9. The second-order valence-corrected chi connectivity index (χ2v) is 15.0. The molecule has 6 N–H and O–H groups in total. The maximum absolute atomic E-state index is 14.2. The quantitative estimate of drug-likeness (QED) is 0.0406. The minimum Gasteiger partial charge on any atom is -0.494 e. The number of rotatable bonds is 27. The van der Waals surface area contributed by atoms with E-state index < -0.39 is 35.8 Å². The van der Waals surface area contributed by atoms with Crippen LogP contribution in [0.1, 0.15) is 97.8 Å². The van der Waals surface area contributed by atoms with E-state index in [0.717, 1.165) is 18.5 Å². The molecule has 0 aliphatic rings. The Morgan fingerprint density at radius 2 is 1.20 bits per heavy atom. The first-order chi connectivity index (χ1) is 29.3. The summed E-state index contributed by atoms with van der Waals surface area (Å²) in [5.74, 6) is -1.35. The van der Waals surface area contributed by atoms with Crippen LogP contribution in [0.25, 0.3) is 0 Å². The molecule has 0 aliphatic heterocycles. The van der Waals surface area contributed by atoms with Gasteiger partial charge < -0.3 is 40.5 Å². The first-order valence-electron chi connectivity index (χ1n) is 21.0. The lowest BCUT2D eigenvalue weighted by atomic mass is 10.1. The van der Waals surface area contributed by atoms with Crippen molar-refractivity contribution in [1.82, 2.24) is 55.7 Å². The number of unbranched alkanes of at least 4 members (excludes halogenated alkanes) is 8. The summed E-state index contributed by atoms with van der Waals surface area (Å²) < 4.78 is 5.93. The van der Waals surface area contributed by atoms with E-state index in [2.05, 4.69) is 57.8 Å². The Bertz CT molecular complexity index is 1970. The highest BCUT2D eigenvalue weighted by Gasteiger charge is 2.32. The molecule has 0 saturated heterocycles. The summed E-state index contributed by atoms with van der Waals surface area (Å²) in [6.07, 6.45) is 22.7. The molecule has 4 amide bonds. The Morgan fingerprint density at radius 1 is 0.667 bits per heavy atom. The monoisotopic (exact) mass is 821 g/mol. The van der Waals surface area contributed by atoms with E-state index in [-0.39, 0.29) is 25.2 Å². The first kappa shape index (κ1) is 44.8. The van der Waals surface area contributed by atoms with Gasteiger partial charge in [-0.25, -0.2) is 15.0 Å². The number of ether oxygens (including phenoxy) is 1. The summed E-state index contributed by atoms with van der Waals surface area (Å²) >= 11 is 0. The fraction of sp³-hybridized carbons (Fsp3) is 0.455. The fourth-order valence-corrected chi connectivity index (χ4v) is 6.76. The summed E-state index contributed by atoms with van der Waals surface area (Å²) in [6.45, 7) is 3.20. The number of carbonyl (C=O) groups excluding carboxylic acids is 4. The van der Waals surface area contributed by atoms with Gasteiger partial charge in [0.25, 0.3) is 5.91 Å². The largest absolute Gasteiger partial charge is 0.494 e. The number of nitrogens with one attached hydrogen (secondary N) is 6. The number of nitrogens with zero attached hydrogens (tertiary/aromatic N) is 5. The van der Waals surface area contributed by atoms with E-state index in [9.17, 15) is 19.2 Å². The molecule has 0 unspecified atom stereocenters. The molecule has 0 saturated carbocycles. The SMILES string of the molecule is CCCCCCCCCCCOc1ccc(C(=O)N[C@@H](Cc2cnc[nH]2)C(=O)N[C@@H](Cc2cnc[nH]2)C(=O)N[C@@H](Cc2cnc[nH]2)C(=O)N(C)CCc2ccccn2)cc1. The van der Waals surface area contributed by atoms with Gasteiger partial charge in [0.05, 0.1) is 25.6 Å². The molecule has 5 rings (SSSR count). The third kappa shape index (κ3) is 15.1. The van der Waals surface area contributed by atoms with Crippen molar-refractivity contribution in [3.8, 4) is 5.75 Å². The van der Waals surface area contributed by atoms with Crippen LogP contribution >= 0.6 is 0 Å². The molecule has 0 bridgehead atoms. The zero-order valence-corrected chi connectivity index (χ0v) is 34.7. The van der Waals surface area contributed by atoms with Crippen molar-refractivity contribution in [2.24, 2.45) is 0 Å². The Balaban J connectivity index is 1.22. The second-order valence-electron chi connectivity index (χ2n) is 15.0. The Labute approximate surface area is 351 Å². The number of amides is 4. The number of pyridine rings is 1. The van der Waals surface area contributed by atoms with Crippen LogP contribution in [-0.4, -0.2) is 102 Å². The summed E-state index contributed by atoms with van der Waals surface area (Å²) in [7, 11) is 1.67. The Morgan fingerprint density at radius 3 is 1.73 bits per heavy atom. The molecule has 0 aliphatic carbocycles. The number of benzene rings is 1. The molecule has 16 heteroatoms. The number of aromatic amines is 3. The second kappa shape index (κ2) is 24.6. The maximum Gasteiger partial charge on any atom is 0.251 e. The fourth-order valence-electron chi connectivity index (χ4n) is 6.76. The van der Waals surface area contributed by atoms with Crippen LogP contribution in [0.3, 0.4) is 0 Å². The highest BCUT2D eigenvalue weighted by molar-refractivity contribution is 5.99. The molecule has 4 aromatic heterocycles. The van der Waals surface area contributed by atoms with Crippen LogP contribution in [0, 0.1) is 0 Å². The zero-order chi connectivity index (χ0) is 42.4. The molecule has 4 heterocycles. The van der Waals surface area contributed by atoms with Gasteiger partial charge in [-0.2, -0.15) is 0 Å². The number of H-pyrrole nitrogens is 3. The molecule has 60 heavy (non-hydrogen) atoms. The van der Waals surface area contributed by atoms with Crippen LogP contribution in [0.5, 0.6) is 5.75 Å². The maximum atomic E-state index is 14.2. The molecule has 3 atom stereocenters. The number of carbonyl (C=O) groups is 4. The minimum absolute atomic E-state index is 0.0310. The highest BCUT2D eigenvalue weighted by atomic mass is 16.5. The zero-order valence-electron chi connectivity index (χ0n) is 34.7. The summed E-state index contributed by atoms with van der Waals surface area (Å²) in [5.41, 5.74) is 2.99. The number of hydrogen-bond donors (Lipinski definition) is 6. The van der Waals surface area contributed by atoms with Gasteiger partial charge in [-0.05, 0) is 42.8 Å². The first-order valence-corrected chi connectivity index (χ1v) is 21.0. The Hall–Kier alpha value is -6.32. The van der Waals surface area contributed by atoms with Gasteiger partial charge in [-0.3, -0.25) is 24.2 Å². The Kier molecular flexibility index (Phi) is 18.3. The van der Waals surface area contributed by atoms with Gasteiger partial charge >= 0.3 is 0 Å². The number of aromatic nitrogens is 7. The van der Waals surface area contributed by atoms with Crippen LogP contribution in [-0.2, 0) is 40.1 Å². The third-order valence-corrected chi connectivity index (χ3v) is 10.2. The van der Waals surface area contributed by atoms with E-state index in [1.807, 2.05) is 18.2 Å². The lowest BCUT2D eigenvalue weighted by Gasteiger charge is -2.27. The van der Waals surface area contributed by atoms with Gasteiger partial charge in [0.2, 0.25) is 17.7 Å². The van der Waals surface area contributed by atoms with Crippen molar-refractivity contribution >= 4 is 23.6 Å². The summed E-state index contributed by atoms with van der Waals surface area (Å²) in [6, 6.07) is 9.15. The van der Waals surface area contributed by atoms with Crippen LogP contribution in [0.2, 0.25) is 0 Å². The van der Waals surface area contributed by atoms with Crippen LogP contribution < -0.4 is 20.7 Å². The topological polar surface area (TPSA) is 216 Å². The van der Waals surface area contributed by atoms with Gasteiger partial charge in [-0.1, -0.05) is 64.4 Å².